The van der Waals surface area contributed by atoms with Crippen molar-refractivity contribution in [3.63, 3.8) is 0 Å². The van der Waals surface area contributed by atoms with E-state index in [1.54, 1.807) is 0 Å². The quantitative estimate of drug-likeness (QED) is 0.795. The molecule has 2 N–H and O–H groups in total. The monoisotopic (exact) mass is 362 g/mol. The molecule has 0 spiro atoms. The molecule has 4 aliphatic carbocycles. The highest BCUT2D eigenvalue weighted by Crippen LogP contribution is 2.62. The standard InChI is InChI=1S/C25H30O2/c26-23-20-14-18-13-19(15-20)17-24(23,16-18)11-12-25(27,21-7-3-1-4-8-21)22-9-5-2-6-10-22/h1-10,18-20,23,26-27H,11-17H2/t18-,19-,20?,23-,24?/m0/s1. The zero-order valence-electron chi connectivity index (χ0n) is 15.9. The van der Waals surface area contributed by atoms with E-state index >= 15 is 0 Å². The van der Waals surface area contributed by atoms with Gasteiger partial charge in [0.15, 0.2) is 0 Å². The summed E-state index contributed by atoms with van der Waals surface area (Å²) in [5.41, 5.74) is 0.934. The van der Waals surface area contributed by atoms with Crippen molar-refractivity contribution in [3.05, 3.63) is 71.8 Å². The van der Waals surface area contributed by atoms with Crippen LogP contribution in [-0.2, 0) is 5.60 Å². The van der Waals surface area contributed by atoms with Gasteiger partial charge >= 0.3 is 0 Å². The first-order chi connectivity index (χ1) is 13.1. The Balaban J connectivity index is 1.46. The molecule has 4 aliphatic rings. The van der Waals surface area contributed by atoms with E-state index < -0.39 is 5.60 Å². The molecule has 3 atom stereocenters. The van der Waals surface area contributed by atoms with Gasteiger partial charge in [-0.15, -0.1) is 0 Å². The van der Waals surface area contributed by atoms with Gasteiger partial charge in [-0.3, -0.25) is 0 Å². The molecular formula is C25H30O2. The van der Waals surface area contributed by atoms with Crippen molar-refractivity contribution in [3.8, 4) is 0 Å². The molecule has 2 aromatic rings. The summed E-state index contributed by atoms with van der Waals surface area (Å²) in [6.45, 7) is 0. The molecule has 27 heavy (non-hydrogen) atoms. The second kappa shape index (κ2) is 6.46. The second-order valence-corrected chi connectivity index (χ2v) is 9.51. The van der Waals surface area contributed by atoms with Crippen LogP contribution in [0.3, 0.4) is 0 Å². The first kappa shape index (κ1) is 17.5. The van der Waals surface area contributed by atoms with E-state index in [2.05, 4.69) is 0 Å². The Hall–Kier alpha value is -1.64. The van der Waals surface area contributed by atoms with Gasteiger partial charge in [-0.1, -0.05) is 60.7 Å². The highest BCUT2D eigenvalue weighted by atomic mass is 16.3. The van der Waals surface area contributed by atoms with E-state index in [-0.39, 0.29) is 11.5 Å². The summed E-state index contributed by atoms with van der Waals surface area (Å²) in [4.78, 5) is 0. The van der Waals surface area contributed by atoms with E-state index in [4.69, 9.17) is 0 Å². The Bertz CT molecular complexity index is 731. The Morgan fingerprint density at radius 1 is 0.815 bits per heavy atom. The largest absolute Gasteiger partial charge is 0.392 e. The molecule has 2 nitrogen and oxygen atoms in total. The molecule has 142 valence electrons. The van der Waals surface area contributed by atoms with Crippen molar-refractivity contribution < 1.29 is 10.2 Å². The Kier molecular flexibility index (Phi) is 4.18. The topological polar surface area (TPSA) is 40.5 Å². The zero-order chi connectivity index (χ0) is 18.5. The molecule has 2 heteroatoms. The summed E-state index contributed by atoms with van der Waals surface area (Å²) in [5.74, 6) is 2.10. The molecule has 4 fully saturated rings. The van der Waals surface area contributed by atoms with Crippen molar-refractivity contribution in [2.75, 3.05) is 0 Å². The maximum absolute atomic E-state index is 11.9. The number of benzene rings is 2. The minimum Gasteiger partial charge on any atom is -0.392 e. The maximum atomic E-state index is 11.9. The molecule has 0 heterocycles. The second-order valence-electron chi connectivity index (χ2n) is 9.51. The zero-order valence-corrected chi connectivity index (χ0v) is 15.9. The smallest absolute Gasteiger partial charge is 0.115 e. The third-order valence-corrected chi connectivity index (χ3v) is 7.89. The number of hydrogen-bond acceptors (Lipinski definition) is 2. The van der Waals surface area contributed by atoms with E-state index in [0.717, 1.165) is 42.2 Å². The van der Waals surface area contributed by atoms with E-state index in [1.165, 1.54) is 19.3 Å². The van der Waals surface area contributed by atoms with Crippen LogP contribution >= 0.6 is 0 Å². The summed E-state index contributed by atoms with van der Waals surface area (Å²) in [6.07, 6.45) is 7.51. The fraction of sp³-hybridized carbons (Fsp3) is 0.520. The van der Waals surface area contributed by atoms with Crippen molar-refractivity contribution in [1.82, 2.24) is 0 Å². The molecule has 2 aromatic carbocycles. The summed E-state index contributed by atoms with van der Waals surface area (Å²) >= 11 is 0. The van der Waals surface area contributed by atoms with Gasteiger partial charge in [0, 0.05) is 0 Å². The molecule has 0 radical (unpaired) electrons. The van der Waals surface area contributed by atoms with Crippen LogP contribution in [-0.4, -0.2) is 16.3 Å². The van der Waals surface area contributed by atoms with Crippen LogP contribution in [0.15, 0.2) is 60.7 Å². The molecule has 4 saturated carbocycles. The van der Waals surface area contributed by atoms with E-state index in [9.17, 15) is 10.2 Å². The van der Waals surface area contributed by atoms with Crippen LogP contribution in [0.2, 0.25) is 0 Å². The fourth-order valence-electron chi connectivity index (χ4n) is 6.85. The molecule has 0 saturated heterocycles. The van der Waals surface area contributed by atoms with Gasteiger partial charge in [-0.25, -0.2) is 0 Å². The lowest BCUT2D eigenvalue weighted by molar-refractivity contribution is -0.163. The van der Waals surface area contributed by atoms with Crippen LogP contribution in [0.4, 0.5) is 0 Å². The minimum atomic E-state index is -0.994. The Morgan fingerprint density at radius 2 is 1.33 bits per heavy atom. The highest BCUT2D eigenvalue weighted by Gasteiger charge is 2.56. The molecule has 0 aliphatic heterocycles. The third-order valence-electron chi connectivity index (χ3n) is 7.89. The summed E-state index contributed by atoms with van der Waals surface area (Å²) < 4.78 is 0. The SMILES string of the molecule is O[C@H]1C2C[C@@H]3C[C@@H](C2)CC1(CCC(O)(c1ccccc1)c1ccccc1)C3. The first-order valence-electron chi connectivity index (χ1n) is 10.6. The molecular weight excluding hydrogens is 332 g/mol. The predicted molar refractivity (Wildman–Crippen MR) is 107 cm³/mol. The molecule has 6 rings (SSSR count). The van der Waals surface area contributed by atoms with Gasteiger partial charge in [0.05, 0.1) is 6.10 Å². The maximum Gasteiger partial charge on any atom is 0.115 e. The number of aliphatic hydroxyl groups is 2. The van der Waals surface area contributed by atoms with Gasteiger partial charge < -0.3 is 10.2 Å². The Labute approximate surface area is 162 Å². The van der Waals surface area contributed by atoms with Crippen molar-refractivity contribution in [2.24, 2.45) is 23.2 Å². The number of hydrogen-bond donors (Lipinski definition) is 2. The molecule has 0 unspecified atom stereocenters. The van der Waals surface area contributed by atoms with Crippen LogP contribution in [0, 0.1) is 23.2 Å². The Morgan fingerprint density at radius 3 is 1.85 bits per heavy atom. The lowest BCUT2D eigenvalue weighted by Crippen LogP contribution is -2.56. The number of aliphatic hydroxyl groups excluding tert-OH is 1. The van der Waals surface area contributed by atoms with Crippen LogP contribution in [0.5, 0.6) is 0 Å². The van der Waals surface area contributed by atoms with Crippen molar-refractivity contribution >= 4 is 0 Å². The average Bonchev–Trinajstić information content (AvgIpc) is 2.71. The number of rotatable bonds is 5. The summed E-state index contributed by atoms with van der Waals surface area (Å²) in [5, 5.41) is 23.0. The predicted octanol–water partition coefficient (Wildman–Crippen LogP) is 4.89. The van der Waals surface area contributed by atoms with Crippen molar-refractivity contribution in [2.45, 2.75) is 56.7 Å². The van der Waals surface area contributed by atoms with Crippen LogP contribution in [0.25, 0.3) is 0 Å². The summed E-state index contributed by atoms with van der Waals surface area (Å²) in [7, 11) is 0. The molecule has 0 amide bonds. The van der Waals surface area contributed by atoms with Gasteiger partial charge in [0.2, 0.25) is 0 Å². The first-order valence-corrected chi connectivity index (χ1v) is 10.6. The summed E-state index contributed by atoms with van der Waals surface area (Å²) in [6, 6.07) is 20.1. The normalized spacial score (nSPS) is 34.7. The highest BCUT2D eigenvalue weighted by molar-refractivity contribution is 5.36. The van der Waals surface area contributed by atoms with E-state index in [1.807, 2.05) is 60.7 Å². The molecule has 0 aromatic heterocycles. The lowest BCUT2D eigenvalue weighted by Gasteiger charge is -2.60. The van der Waals surface area contributed by atoms with Gasteiger partial charge in [0.25, 0.3) is 0 Å². The third kappa shape index (κ3) is 2.85. The minimum absolute atomic E-state index is 0.0201. The average molecular weight is 363 g/mol. The lowest BCUT2D eigenvalue weighted by atomic mass is 9.47. The van der Waals surface area contributed by atoms with Gasteiger partial charge in [-0.2, -0.15) is 0 Å². The van der Waals surface area contributed by atoms with Crippen LogP contribution < -0.4 is 0 Å². The van der Waals surface area contributed by atoms with Crippen molar-refractivity contribution in [1.29, 1.82) is 0 Å². The molecule has 4 bridgehead atoms. The van der Waals surface area contributed by atoms with E-state index in [0.29, 0.717) is 12.3 Å². The van der Waals surface area contributed by atoms with Gasteiger partial charge in [0.1, 0.15) is 5.60 Å². The van der Waals surface area contributed by atoms with Gasteiger partial charge in [-0.05, 0) is 79.2 Å². The van der Waals surface area contributed by atoms with Crippen LogP contribution in [0.1, 0.15) is 56.1 Å². The fourth-order valence-corrected chi connectivity index (χ4v) is 6.85.